The predicted octanol–water partition coefficient (Wildman–Crippen LogP) is 5.84. The number of hydrogen-bond acceptors (Lipinski definition) is 7. The van der Waals surface area contributed by atoms with E-state index in [1.54, 1.807) is 39.7 Å². The molecule has 0 saturated heterocycles. The molecule has 0 aliphatic heterocycles. The van der Waals surface area contributed by atoms with Crippen molar-refractivity contribution < 1.29 is 14.4 Å². The zero-order chi connectivity index (χ0) is 35.9. The summed E-state index contributed by atoms with van der Waals surface area (Å²) in [6.07, 6.45) is 0. The molecule has 0 atom stereocenters. The number of aromatic nitrogens is 8. The van der Waals surface area contributed by atoms with Gasteiger partial charge in [0.1, 0.15) is 16.9 Å². The van der Waals surface area contributed by atoms with E-state index in [9.17, 15) is 14.4 Å². The van der Waals surface area contributed by atoms with Crippen molar-refractivity contribution in [1.29, 1.82) is 0 Å². The Morgan fingerprint density at radius 2 is 1.30 bits per heavy atom. The van der Waals surface area contributed by atoms with Crippen LogP contribution in [0.25, 0.3) is 22.1 Å². The third-order valence-corrected chi connectivity index (χ3v) is 9.24. The highest BCUT2D eigenvalue weighted by Gasteiger charge is 2.22. The average Bonchev–Trinajstić information content (AvgIpc) is 3.84. The summed E-state index contributed by atoms with van der Waals surface area (Å²) in [6, 6.07) is 14.3. The van der Waals surface area contributed by atoms with E-state index in [4.69, 9.17) is 15.7 Å². The monoisotopic (exact) mass is 739 g/mol. The predicted molar refractivity (Wildman–Crippen MR) is 195 cm³/mol. The number of nitrogens with one attached hydrogen (secondary N) is 2. The molecule has 15 heteroatoms. The highest BCUT2D eigenvalue weighted by molar-refractivity contribution is 9.10. The molecule has 0 saturated carbocycles. The van der Waals surface area contributed by atoms with Crippen molar-refractivity contribution in [1.82, 2.24) is 38.7 Å². The summed E-state index contributed by atoms with van der Waals surface area (Å²) in [7, 11) is 0. The number of fused-ring (bicyclic) bond motifs is 2. The van der Waals surface area contributed by atoms with Crippen LogP contribution in [0.15, 0.2) is 64.1 Å². The van der Waals surface area contributed by atoms with Crippen LogP contribution in [0.4, 0.5) is 11.9 Å². The van der Waals surface area contributed by atoms with Crippen molar-refractivity contribution >= 4 is 67.6 Å². The lowest BCUT2D eigenvalue weighted by Crippen LogP contribution is -2.21. The van der Waals surface area contributed by atoms with Crippen molar-refractivity contribution in [2.24, 2.45) is 5.73 Å². The summed E-state index contributed by atoms with van der Waals surface area (Å²) < 4.78 is 7.98. The summed E-state index contributed by atoms with van der Waals surface area (Å²) in [5.74, 6) is -0.522. The molecule has 0 fully saturated rings. The zero-order valence-corrected chi connectivity index (χ0v) is 30.3. The minimum atomic E-state index is -0.572. The van der Waals surface area contributed by atoms with Gasteiger partial charge in [-0.1, -0.05) is 17.2 Å². The van der Waals surface area contributed by atoms with Crippen LogP contribution in [-0.4, -0.2) is 56.4 Å². The largest absolute Gasteiger partial charge is 0.366 e. The van der Waals surface area contributed by atoms with Crippen LogP contribution in [-0.2, 0) is 26.2 Å². The summed E-state index contributed by atoms with van der Waals surface area (Å²) >= 11 is 3.61. The van der Waals surface area contributed by atoms with Gasteiger partial charge in [-0.05, 0) is 99.9 Å². The van der Waals surface area contributed by atoms with E-state index in [-0.39, 0.29) is 11.8 Å². The van der Waals surface area contributed by atoms with Crippen LogP contribution in [0, 0.1) is 13.8 Å². The van der Waals surface area contributed by atoms with Crippen molar-refractivity contribution in [2.75, 3.05) is 10.6 Å². The topological polar surface area (TPSA) is 173 Å². The number of rotatable bonds is 11. The maximum atomic E-state index is 13.5. The molecule has 4 N–H and O–H groups in total. The van der Waals surface area contributed by atoms with Crippen LogP contribution >= 0.6 is 15.9 Å². The molecule has 4 heterocycles. The van der Waals surface area contributed by atoms with Gasteiger partial charge in [-0.15, -0.1) is 0 Å². The normalized spacial score (nSPS) is 12.1. The number of primary amides is 1. The fourth-order valence-corrected chi connectivity index (χ4v) is 6.37. The SMILES string of the molecule is CCn1nc(C)cc1C(=O)Nc1nc2cc(C(N)=O)ccc2n1C/C(C)=C(\C)Cn1c(NC(=O)c2cc(C)nn2CC)nc2c(Br)cccc21. The molecule has 0 bridgehead atoms. The van der Waals surface area contributed by atoms with Crippen LogP contribution in [0.2, 0.25) is 0 Å². The second-order valence-corrected chi connectivity index (χ2v) is 13.0. The molecule has 3 amide bonds. The van der Waals surface area contributed by atoms with Crippen LogP contribution in [0.3, 0.4) is 0 Å². The van der Waals surface area contributed by atoms with E-state index >= 15 is 0 Å². The van der Waals surface area contributed by atoms with Gasteiger partial charge in [0.2, 0.25) is 17.8 Å². The Kier molecular flexibility index (Phi) is 9.43. The van der Waals surface area contributed by atoms with Gasteiger partial charge in [0, 0.05) is 36.2 Å². The van der Waals surface area contributed by atoms with Crippen molar-refractivity contribution in [2.45, 2.75) is 67.7 Å². The molecule has 2 aromatic carbocycles. The maximum Gasteiger partial charge on any atom is 0.276 e. The van der Waals surface area contributed by atoms with Gasteiger partial charge in [-0.25, -0.2) is 9.97 Å². The van der Waals surface area contributed by atoms with Crippen molar-refractivity contribution in [3.05, 3.63) is 92.5 Å². The molecule has 0 spiro atoms. The van der Waals surface area contributed by atoms with Gasteiger partial charge in [-0.3, -0.25) is 34.4 Å². The second kappa shape index (κ2) is 13.7. The number of amides is 3. The van der Waals surface area contributed by atoms with Gasteiger partial charge in [-0.2, -0.15) is 10.2 Å². The molecular weight excluding hydrogens is 702 g/mol. The number of benzene rings is 2. The summed E-state index contributed by atoms with van der Waals surface area (Å²) in [6.45, 7) is 13.4. The lowest BCUT2D eigenvalue weighted by Gasteiger charge is -2.16. The third kappa shape index (κ3) is 6.55. The Labute approximate surface area is 296 Å². The number of nitrogens with two attached hydrogens (primary N) is 1. The minimum Gasteiger partial charge on any atom is -0.366 e. The fraction of sp³-hybridized carbons (Fsp3) is 0.286. The van der Waals surface area contributed by atoms with E-state index in [2.05, 4.69) is 36.8 Å². The Bertz CT molecular complexity index is 2340. The third-order valence-electron chi connectivity index (χ3n) is 8.60. The number of halogens is 1. The Morgan fingerprint density at radius 1 is 0.760 bits per heavy atom. The molecule has 0 radical (unpaired) electrons. The highest BCUT2D eigenvalue weighted by Crippen LogP contribution is 2.29. The fourth-order valence-electron chi connectivity index (χ4n) is 5.92. The summed E-state index contributed by atoms with van der Waals surface area (Å²) in [4.78, 5) is 48.5. The number of aryl methyl sites for hydroxylation is 4. The zero-order valence-electron chi connectivity index (χ0n) is 28.7. The van der Waals surface area contributed by atoms with E-state index in [0.29, 0.717) is 71.6 Å². The molecule has 0 unspecified atom stereocenters. The number of imidazole rings is 2. The highest BCUT2D eigenvalue weighted by atomic mass is 79.9. The van der Waals surface area contributed by atoms with Gasteiger partial charge in [0.25, 0.3) is 11.8 Å². The van der Waals surface area contributed by atoms with Gasteiger partial charge in [0.15, 0.2) is 0 Å². The van der Waals surface area contributed by atoms with E-state index < -0.39 is 5.91 Å². The van der Waals surface area contributed by atoms with Crippen LogP contribution < -0.4 is 16.4 Å². The quantitative estimate of drug-likeness (QED) is 0.140. The van der Waals surface area contributed by atoms with E-state index in [0.717, 1.165) is 32.5 Å². The lowest BCUT2D eigenvalue weighted by atomic mass is 10.1. The number of allylic oxidation sites excluding steroid dienone is 2. The Morgan fingerprint density at radius 3 is 1.84 bits per heavy atom. The van der Waals surface area contributed by atoms with E-state index in [1.807, 2.05) is 68.9 Å². The van der Waals surface area contributed by atoms with Gasteiger partial charge < -0.3 is 14.9 Å². The molecule has 6 aromatic rings. The number of para-hydroxylation sites is 1. The number of hydrogen-bond donors (Lipinski definition) is 3. The maximum absolute atomic E-state index is 13.5. The van der Waals surface area contributed by atoms with Crippen molar-refractivity contribution in [3.63, 3.8) is 0 Å². The number of carbonyl (C=O) groups excluding carboxylic acids is 3. The molecule has 258 valence electrons. The van der Waals surface area contributed by atoms with Crippen molar-refractivity contribution in [3.8, 4) is 0 Å². The number of carbonyl (C=O) groups is 3. The molecule has 0 aliphatic rings. The van der Waals surface area contributed by atoms with Gasteiger partial charge in [0.05, 0.1) is 27.9 Å². The first-order valence-corrected chi connectivity index (χ1v) is 17.0. The lowest BCUT2D eigenvalue weighted by molar-refractivity contribution is 0.0995. The standard InChI is InChI=1S/C35H38BrN11O3/c1-7-46-28(14-21(5)42-46)32(49)40-34-38-25-16-23(31(37)48)12-13-26(25)44(34)17-19(3)20(4)18-45-27-11-9-10-24(36)30(27)39-35(45)41-33(50)29-15-22(6)43-47(29)8-2/h9-16H,7-8,17-18H2,1-6H3,(H2,37,48)(H,38,40,49)(H,39,41,50)/b20-19+. The summed E-state index contributed by atoms with van der Waals surface area (Å²) in [5.41, 5.74) is 13.0. The molecule has 14 nitrogen and oxygen atoms in total. The first-order valence-electron chi connectivity index (χ1n) is 16.2. The minimum absolute atomic E-state index is 0.307. The Balaban J connectivity index is 1.37. The van der Waals surface area contributed by atoms with Gasteiger partial charge >= 0.3 is 0 Å². The first-order chi connectivity index (χ1) is 23.9. The molecule has 4 aromatic heterocycles. The second-order valence-electron chi connectivity index (χ2n) is 12.2. The van der Waals surface area contributed by atoms with Crippen LogP contribution in [0.1, 0.15) is 70.4 Å². The first kappa shape index (κ1) is 34.3. The van der Waals surface area contributed by atoms with Crippen LogP contribution in [0.5, 0.6) is 0 Å². The molecule has 0 aliphatic carbocycles. The average molecular weight is 741 g/mol. The summed E-state index contributed by atoms with van der Waals surface area (Å²) in [5, 5.41) is 14.8. The van der Waals surface area contributed by atoms with E-state index in [1.165, 1.54) is 0 Å². The smallest absolute Gasteiger partial charge is 0.276 e. The molecular formula is C35H38BrN11O3. The molecule has 50 heavy (non-hydrogen) atoms. The molecule has 6 rings (SSSR count). The Hall–Kier alpha value is -5.57. The number of anilines is 2. The number of nitrogens with zero attached hydrogens (tertiary/aromatic N) is 8.